The van der Waals surface area contributed by atoms with E-state index in [0.29, 0.717) is 5.56 Å². The van der Waals surface area contributed by atoms with Crippen molar-refractivity contribution < 1.29 is 4.79 Å². The molecule has 0 fully saturated rings. The van der Waals surface area contributed by atoms with Gasteiger partial charge in [-0.3, -0.25) is 9.20 Å². The summed E-state index contributed by atoms with van der Waals surface area (Å²) in [5, 5.41) is 5.90. The number of nitrogens with one attached hydrogen (secondary N) is 2. The fourth-order valence-electron chi connectivity index (χ4n) is 3.08. The van der Waals surface area contributed by atoms with Gasteiger partial charge in [0.1, 0.15) is 0 Å². The molecule has 0 unspecified atom stereocenters. The minimum absolute atomic E-state index is 0.134. The number of aromatic nitrogens is 3. The number of thiazole rings is 1. The van der Waals surface area contributed by atoms with Crippen LogP contribution in [0.1, 0.15) is 10.4 Å². The maximum atomic E-state index is 12.7. The standard InChI is InChI=1S/C20H14N4OS/c25-19(16-11-21-17-7-2-1-6-15(16)17)22-14-5-3-4-13(10-14)18-12-24-8-9-26-20(24)23-18/h1-12,21H,(H,22,25). The predicted octanol–water partition coefficient (Wildman–Crippen LogP) is 4.80. The summed E-state index contributed by atoms with van der Waals surface area (Å²) in [4.78, 5) is 21.4. The van der Waals surface area contributed by atoms with Crippen molar-refractivity contribution in [3.63, 3.8) is 0 Å². The van der Waals surface area contributed by atoms with E-state index >= 15 is 0 Å². The molecule has 0 saturated carbocycles. The average Bonchev–Trinajstić information content (AvgIpc) is 3.36. The van der Waals surface area contributed by atoms with Gasteiger partial charge in [0.05, 0.1) is 11.3 Å². The first-order chi connectivity index (χ1) is 12.8. The molecule has 26 heavy (non-hydrogen) atoms. The van der Waals surface area contributed by atoms with Gasteiger partial charge in [-0.1, -0.05) is 30.3 Å². The summed E-state index contributed by atoms with van der Waals surface area (Å²) in [6, 6.07) is 15.5. The molecule has 3 heterocycles. The first-order valence-electron chi connectivity index (χ1n) is 8.18. The smallest absolute Gasteiger partial charge is 0.257 e. The largest absolute Gasteiger partial charge is 0.360 e. The lowest BCUT2D eigenvalue weighted by atomic mass is 10.1. The zero-order valence-corrected chi connectivity index (χ0v) is 14.5. The maximum Gasteiger partial charge on any atom is 0.257 e. The fourth-order valence-corrected chi connectivity index (χ4v) is 3.78. The van der Waals surface area contributed by atoms with Gasteiger partial charge < -0.3 is 10.3 Å². The number of imidazole rings is 1. The van der Waals surface area contributed by atoms with Crippen molar-refractivity contribution in [1.82, 2.24) is 14.4 Å². The highest BCUT2D eigenvalue weighted by Crippen LogP contribution is 2.25. The summed E-state index contributed by atoms with van der Waals surface area (Å²) < 4.78 is 2.00. The molecule has 2 N–H and O–H groups in total. The van der Waals surface area contributed by atoms with Gasteiger partial charge in [-0.05, 0) is 18.2 Å². The van der Waals surface area contributed by atoms with E-state index < -0.39 is 0 Å². The molecule has 1 amide bonds. The third-order valence-corrected chi connectivity index (χ3v) is 5.11. The molecular weight excluding hydrogens is 344 g/mol. The van der Waals surface area contributed by atoms with Crippen LogP contribution in [0, 0.1) is 0 Å². The summed E-state index contributed by atoms with van der Waals surface area (Å²) in [7, 11) is 0. The molecular formula is C20H14N4OS. The van der Waals surface area contributed by atoms with Crippen LogP contribution in [0.25, 0.3) is 27.1 Å². The molecule has 0 aliphatic heterocycles. The van der Waals surface area contributed by atoms with E-state index in [2.05, 4.69) is 15.3 Å². The number of aromatic amines is 1. The van der Waals surface area contributed by atoms with Crippen molar-refractivity contribution in [1.29, 1.82) is 0 Å². The number of anilines is 1. The zero-order valence-electron chi connectivity index (χ0n) is 13.6. The highest BCUT2D eigenvalue weighted by atomic mass is 32.1. The van der Waals surface area contributed by atoms with Crippen LogP contribution in [0.15, 0.2) is 72.5 Å². The number of amides is 1. The quantitative estimate of drug-likeness (QED) is 0.487. The Morgan fingerprint density at radius 3 is 3.00 bits per heavy atom. The van der Waals surface area contributed by atoms with Crippen molar-refractivity contribution in [2.75, 3.05) is 5.32 Å². The molecule has 0 aliphatic carbocycles. The Morgan fingerprint density at radius 1 is 1.15 bits per heavy atom. The lowest BCUT2D eigenvalue weighted by Gasteiger charge is -2.06. The summed E-state index contributed by atoms with van der Waals surface area (Å²) >= 11 is 1.60. The van der Waals surface area contributed by atoms with Gasteiger partial charge in [-0.25, -0.2) is 4.98 Å². The highest BCUT2D eigenvalue weighted by Gasteiger charge is 2.12. The van der Waals surface area contributed by atoms with Crippen LogP contribution >= 0.6 is 11.3 Å². The lowest BCUT2D eigenvalue weighted by Crippen LogP contribution is -2.11. The molecule has 3 aromatic heterocycles. The summed E-state index contributed by atoms with van der Waals surface area (Å²) in [5.41, 5.74) is 4.18. The van der Waals surface area contributed by atoms with Crippen LogP contribution in [-0.2, 0) is 0 Å². The summed E-state index contributed by atoms with van der Waals surface area (Å²) in [5.74, 6) is -0.134. The Morgan fingerprint density at radius 2 is 2.08 bits per heavy atom. The summed E-state index contributed by atoms with van der Waals surface area (Å²) in [6.45, 7) is 0. The van der Waals surface area contributed by atoms with Crippen LogP contribution in [-0.4, -0.2) is 20.3 Å². The Bertz CT molecular complexity index is 1220. The molecule has 6 heteroatoms. The van der Waals surface area contributed by atoms with Crippen molar-refractivity contribution in [2.24, 2.45) is 0 Å². The van der Waals surface area contributed by atoms with Crippen molar-refractivity contribution >= 4 is 38.8 Å². The summed E-state index contributed by atoms with van der Waals surface area (Å²) in [6.07, 6.45) is 5.72. The second-order valence-corrected chi connectivity index (χ2v) is 6.87. The minimum atomic E-state index is -0.134. The molecule has 5 aromatic rings. The minimum Gasteiger partial charge on any atom is -0.360 e. The van der Waals surface area contributed by atoms with Crippen LogP contribution in [0.2, 0.25) is 0 Å². The molecule has 0 bridgehead atoms. The third-order valence-electron chi connectivity index (χ3n) is 4.34. The van der Waals surface area contributed by atoms with Gasteiger partial charge in [0, 0.05) is 46.1 Å². The number of fused-ring (bicyclic) bond motifs is 2. The topological polar surface area (TPSA) is 62.2 Å². The van der Waals surface area contributed by atoms with Crippen molar-refractivity contribution in [2.45, 2.75) is 0 Å². The Balaban J connectivity index is 1.45. The predicted molar refractivity (Wildman–Crippen MR) is 105 cm³/mol. The van der Waals surface area contributed by atoms with Crippen LogP contribution in [0.4, 0.5) is 5.69 Å². The fraction of sp³-hybridized carbons (Fsp3) is 0. The number of H-pyrrole nitrogens is 1. The Labute approximate surface area is 152 Å². The molecule has 0 aliphatic rings. The first-order valence-corrected chi connectivity index (χ1v) is 9.06. The van der Waals surface area contributed by atoms with Gasteiger partial charge in [-0.15, -0.1) is 11.3 Å². The van der Waals surface area contributed by atoms with E-state index in [0.717, 1.165) is 32.8 Å². The van der Waals surface area contributed by atoms with Gasteiger partial charge in [-0.2, -0.15) is 0 Å². The SMILES string of the molecule is O=C(Nc1cccc(-c2cn3ccsc3n2)c1)c1c[nH]c2ccccc12. The number of hydrogen-bond donors (Lipinski definition) is 2. The molecule has 126 valence electrons. The number of rotatable bonds is 3. The number of benzene rings is 2. The Hall–Kier alpha value is -3.38. The van der Waals surface area contributed by atoms with Gasteiger partial charge >= 0.3 is 0 Å². The third kappa shape index (κ3) is 2.48. The number of carbonyl (C=O) groups excluding carboxylic acids is 1. The van der Waals surface area contributed by atoms with Gasteiger partial charge in [0.15, 0.2) is 4.96 Å². The molecule has 5 rings (SSSR count). The molecule has 0 atom stereocenters. The Kier molecular flexibility index (Phi) is 3.36. The molecule has 0 radical (unpaired) electrons. The molecule has 0 saturated heterocycles. The van der Waals surface area contributed by atoms with Gasteiger partial charge in [0.2, 0.25) is 0 Å². The second kappa shape index (κ2) is 5.86. The molecule has 5 nitrogen and oxygen atoms in total. The monoisotopic (exact) mass is 358 g/mol. The van der Waals surface area contributed by atoms with Crippen molar-refractivity contribution in [3.05, 3.63) is 78.1 Å². The molecule has 2 aromatic carbocycles. The number of nitrogens with zero attached hydrogens (tertiary/aromatic N) is 2. The van der Waals surface area contributed by atoms with Crippen LogP contribution in [0.3, 0.4) is 0 Å². The van der Waals surface area contributed by atoms with E-state index in [-0.39, 0.29) is 5.91 Å². The lowest BCUT2D eigenvalue weighted by molar-refractivity contribution is 0.102. The van der Waals surface area contributed by atoms with E-state index in [1.807, 2.05) is 70.7 Å². The van der Waals surface area contributed by atoms with E-state index in [1.165, 1.54) is 0 Å². The van der Waals surface area contributed by atoms with E-state index in [4.69, 9.17) is 0 Å². The van der Waals surface area contributed by atoms with Crippen LogP contribution < -0.4 is 5.32 Å². The van der Waals surface area contributed by atoms with Crippen LogP contribution in [0.5, 0.6) is 0 Å². The zero-order chi connectivity index (χ0) is 17.5. The normalized spacial score (nSPS) is 11.2. The van der Waals surface area contributed by atoms with E-state index in [9.17, 15) is 4.79 Å². The second-order valence-electron chi connectivity index (χ2n) is 6.00. The van der Waals surface area contributed by atoms with E-state index in [1.54, 1.807) is 17.5 Å². The number of para-hydroxylation sites is 1. The number of hydrogen-bond acceptors (Lipinski definition) is 3. The number of carbonyl (C=O) groups is 1. The van der Waals surface area contributed by atoms with Gasteiger partial charge in [0.25, 0.3) is 5.91 Å². The van der Waals surface area contributed by atoms with Crippen molar-refractivity contribution in [3.8, 4) is 11.3 Å². The first kappa shape index (κ1) is 14.9. The molecule has 0 spiro atoms. The average molecular weight is 358 g/mol. The highest BCUT2D eigenvalue weighted by molar-refractivity contribution is 7.15. The maximum absolute atomic E-state index is 12.7.